The van der Waals surface area contributed by atoms with Gasteiger partial charge in [-0.3, -0.25) is 4.57 Å². The minimum Gasteiger partial charge on any atom is -0.462 e. The molecule has 0 aliphatic heterocycles. The number of nitrogens with zero attached hydrogens (tertiary/aromatic N) is 3. The highest BCUT2D eigenvalue weighted by Gasteiger charge is 2.16. The second kappa shape index (κ2) is 5.13. The van der Waals surface area contributed by atoms with Gasteiger partial charge < -0.3 is 4.74 Å². The fourth-order valence-electron chi connectivity index (χ4n) is 2.16. The molecule has 2 heterocycles. The lowest BCUT2D eigenvalue weighted by atomic mass is 10.2. The zero-order chi connectivity index (χ0) is 13.9. The number of para-hydroxylation sites is 1. The molecular formula is C15H13N3O2. The van der Waals surface area contributed by atoms with Gasteiger partial charge in [-0.1, -0.05) is 18.2 Å². The van der Waals surface area contributed by atoms with Gasteiger partial charge in [0.1, 0.15) is 0 Å². The van der Waals surface area contributed by atoms with Crippen LogP contribution in [-0.4, -0.2) is 27.3 Å². The summed E-state index contributed by atoms with van der Waals surface area (Å²) in [7, 11) is 0. The number of aromatic nitrogens is 3. The average molecular weight is 267 g/mol. The quantitative estimate of drug-likeness (QED) is 0.684. The van der Waals surface area contributed by atoms with Crippen LogP contribution in [0, 0.1) is 0 Å². The van der Waals surface area contributed by atoms with Gasteiger partial charge in [-0.15, -0.1) is 5.10 Å². The van der Waals surface area contributed by atoms with Gasteiger partial charge in [0.15, 0.2) is 5.82 Å². The molecule has 0 saturated carbocycles. The topological polar surface area (TPSA) is 57.0 Å². The van der Waals surface area contributed by atoms with Crippen LogP contribution in [0.3, 0.4) is 0 Å². The molecule has 2 aromatic heterocycles. The van der Waals surface area contributed by atoms with Crippen molar-refractivity contribution >= 4 is 16.9 Å². The summed E-state index contributed by atoms with van der Waals surface area (Å²) in [5, 5.41) is 8.79. The van der Waals surface area contributed by atoms with Gasteiger partial charge in [0.05, 0.1) is 17.7 Å². The molecule has 0 spiro atoms. The van der Waals surface area contributed by atoms with Gasteiger partial charge in [0.25, 0.3) is 0 Å². The number of rotatable bonds is 3. The Bertz CT molecular complexity index is 750. The predicted molar refractivity (Wildman–Crippen MR) is 74.8 cm³/mol. The molecule has 100 valence electrons. The summed E-state index contributed by atoms with van der Waals surface area (Å²) in [5.74, 6) is 0.339. The van der Waals surface area contributed by atoms with Crippen LogP contribution in [0.2, 0.25) is 0 Å². The van der Waals surface area contributed by atoms with E-state index < -0.39 is 0 Å². The van der Waals surface area contributed by atoms with Crippen molar-refractivity contribution in [1.29, 1.82) is 0 Å². The highest BCUT2D eigenvalue weighted by atomic mass is 16.5. The summed E-state index contributed by atoms with van der Waals surface area (Å²) < 4.78 is 6.94. The number of ether oxygens (including phenoxy) is 1. The summed E-state index contributed by atoms with van der Waals surface area (Å²) in [6, 6.07) is 11.3. The monoisotopic (exact) mass is 267 g/mol. The molecule has 0 saturated heterocycles. The summed E-state index contributed by atoms with van der Waals surface area (Å²) in [5.41, 5.74) is 1.43. The first-order valence-electron chi connectivity index (χ1n) is 6.36. The number of carbonyl (C=O) groups excluding carboxylic acids is 1. The molecule has 0 bridgehead atoms. The van der Waals surface area contributed by atoms with Gasteiger partial charge in [-0.05, 0) is 25.1 Å². The van der Waals surface area contributed by atoms with Gasteiger partial charge >= 0.3 is 5.97 Å². The van der Waals surface area contributed by atoms with Crippen LogP contribution in [0.5, 0.6) is 0 Å². The summed E-state index contributed by atoms with van der Waals surface area (Å²) in [6.07, 6.45) is 3.36. The third-order valence-corrected chi connectivity index (χ3v) is 3.01. The molecule has 3 aromatic rings. The lowest BCUT2D eigenvalue weighted by molar-refractivity contribution is 0.0528. The molecule has 20 heavy (non-hydrogen) atoms. The fraction of sp³-hybridized carbons (Fsp3) is 0.133. The Kier molecular flexibility index (Phi) is 3.16. The first-order chi connectivity index (χ1) is 9.81. The molecule has 0 unspecified atom stereocenters. The minimum absolute atomic E-state index is 0.327. The first kappa shape index (κ1) is 12.3. The van der Waals surface area contributed by atoms with Gasteiger partial charge in [-0.2, -0.15) is 5.10 Å². The number of hydrogen-bond donors (Lipinski definition) is 0. The maximum absolute atomic E-state index is 12.0. The summed E-state index contributed by atoms with van der Waals surface area (Å²) in [4.78, 5) is 12.0. The molecule has 0 fully saturated rings. The SMILES string of the molecule is CCOC(=O)c1cn(-c2cccnn2)c2ccccc12. The minimum atomic E-state index is -0.327. The smallest absolute Gasteiger partial charge is 0.340 e. The molecule has 3 rings (SSSR count). The number of hydrogen-bond acceptors (Lipinski definition) is 4. The highest BCUT2D eigenvalue weighted by molar-refractivity contribution is 6.04. The molecule has 1 aromatic carbocycles. The molecule has 0 radical (unpaired) electrons. The largest absolute Gasteiger partial charge is 0.462 e. The molecular weight excluding hydrogens is 254 g/mol. The standard InChI is InChI=1S/C15H13N3O2/c1-2-20-15(19)12-10-18(14-8-5-9-16-17-14)13-7-4-3-6-11(12)13/h3-10H,2H2,1H3. The Morgan fingerprint density at radius 1 is 1.25 bits per heavy atom. The number of benzene rings is 1. The van der Waals surface area contributed by atoms with E-state index in [1.54, 1.807) is 25.4 Å². The third-order valence-electron chi connectivity index (χ3n) is 3.01. The fourth-order valence-corrected chi connectivity index (χ4v) is 2.16. The lowest BCUT2D eigenvalue weighted by Crippen LogP contribution is -2.04. The Balaban J connectivity index is 2.22. The Morgan fingerprint density at radius 3 is 2.85 bits per heavy atom. The van der Waals surface area contributed by atoms with E-state index in [1.165, 1.54) is 0 Å². The predicted octanol–water partition coefficient (Wildman–Crippen LogP) is 2.60. The number of carbonyl (C=O) groups is 1. The van der Waals surface area contributed by atoms with Crippen LogP contribution in [0.25, 0.3) is 16.7 Å². The third kappa shape index (κ3) is 2.03. The molecule has 5 nitrogen and oxygen atoms in total. The van der Waals surface area contributed by atoms with Crippen molar-refractivity contribution in [1.82, 2.24) is 14.8 Å². The van der Waals surface area contributed by atoms with Crippen molar-refractivity contribution in [3.63, 3.8) is 0 Å². The van der Waals surface area contributed by atoms with E-state index in [2.05, 4.69) is 10.2 Å². The molecule has 0 amide bonds. The summed E-state index contributed by atoms with van der Waals surface area (Å²) in [6.45, 7) is 2.14. The zero-order valence-electron chi connectivity index (χ0n) is 11.0. The Morgan fingerprint density at radius 2 is 2.10 bits per heavy atom. The maximum atomic E-state index is 12.0. The van der Waals surface area contributed by atoms with Crippen LogP contribution in [0.15, 0.2) is 48.8 Å². The molecule has 0 atom stereocenters. The van der Waals surface area contributed by atoms with Crippen molar-refractivity contribution in [2.24, 2.45) is 0 Å². The van der Waals surface area contributed by atoms with Gasteiger partial charge in [0.2, 0.25) is 0 Å². The van der Waals surface area contributed by atoms with E-state index in [0.29, 0.717) is 18.0 Å². The number of fused-ring (bicyclic) bond motifs is 1. The van der Waals surface area contributed by atoms with Gasteiger partial charge in [0, 0.05) is 17.8 Å². The van der Waals surface area contributed by atoms with Crippen LogP contribution in [0.1, 0.15) is 17.3 Å². The molecule has 0 N–H and O–H groups in total. The van der Waals surface area contributed by atoms with Crippen molar-refractivity contribution in [2.75, 3.05) is 6.61 Å². The normalized spacial score (nSPS) is 10.7. The second-order valence-electron chi connectivity index (χ2n) is 4.23. The second-order valence-corrected chi connectivity index (χ2v) is 4.23. The zero-order valence-corrected chi connectivity index (χ0v) is 11.0. The molecule has 5 heteroatoms. The summed E-state index contributed by atoms with van der Waals surface area (Å²) >= 11 is 0. The highest BCUT2D eigenvalue weighted by Crippen LogP contribution is 2.24. The van der Waals surface area contributed by atoms with Crippen molar-refractivity contribution in [3.05, 3.63) is 54.4 Å². The van der Waals surface area contributed by atoms with Crippen LogP contribution in [-0.2, 0) is 4.74 Å². The van der Waals surface area contributed by atoms with Crippen LogP contribution in [0.4, 0.5) is 0 Å². The number of esters is 1. The maximum Gasteiger partial charge on any atom is 0.340 e. The van der Waals surface area contributed by atoms with Crippen LogP contribution < -0.4 is 0 Å². The van der Waals surface area contributed by atoms with E-state index in [4.69, 9.17) is 4.74 Å². The van der Waals surface area contributed by atoms with E-state index >= 15 is 0 Å². The van der Waals surface area contributed by atoms with E-state index in [1.807, 2.05) is 34.9 Å². The van der Waals surface area contributed by atoms with E-state index in [9.17, 15) is 4.79 Å². The van der Waals surface area contributed by atoms with Crippen molar-refractivity contribution in [3.8, 4) is 5.82 Å². The van der Waals surface area contributed by atoms with E-state index in [0.717, 1.165) is 10.9 Å². The van der Waals surface area contributed by atoms with Crippen molar-refractivity contribution < 1.29 is 9.53 Å². The first-order valence-corrected chi connectivity index (χ1v) is 6.36. The lowest BCUT2D eigenvalue weighted by Gasteiger charge is -2.01. The Hall–Kier alpha value is -2.69. The van der Waals surface area contributed by atoms with Crippen molar-refractivity contribution in [2.45, 2.75) is 6.92 Å². The van der Waals surface area contributed by atoms with E-state index in [-0.39, 0.29) is 5.97 Å². The van der Waals surface area contributed by atoms with Crippen LogP contribution >= 0.6 is 0 Å². The molecule has 0 aliphatic rings. The Labute approximate surface area is 115 Å². The average Bonchev–Trinajstić information content (AvgIpc) is 2.88. The van der Waals surface area contributed by atoms with Gasteiger partial charge in [-0.25, -0.2) is 4.79 Å². The molecule has 0 aliphatic carbocycles.